The van der Waals surface area contributed by atoms with Crippen LogP contribution in [0.15, 0.2) is 60.8 Å². The maximum absolute atomic E-state index is 13.6. The number of anilines is 1. The molecule has 36 heavy (non-hydrogen) atoms. The molecule has 184 valence electrons. The highest BCUT2D eigenvalue weighted by Gasteiger charge is 2.21. The minimum Gasteiger partial charge on any atom is -0.370 e. The lowest BCUT2D eigenvalue weighted by Crippen LogP contribution is -2.28. The molecule has 0 unspecified atom stereocenters. The summed E-state index contributed by atoms with van der Waals surface area (Å²) in [6.07, 6.45) is 1.66. The highest BCUT2D eigenvalue weighted by Crippen LogP contribution is 2.29. The van der Waals surface area contributed by atoms with Crippen molar-refractivity contribution in [2.45, 2.75) is 33.2 Å². The molecule has 4 rings (SSSR count). The molecule has 0 aliphatic heterocycles. The van der Waals surface area contributed by atoms with Crippen LogP contribution in [0.25, 0.3) is 22.3 Å². The molecule has 2 aromatic heterocycles. The van der Waals surface area contributed by atoms with Gasteiger partial charge in [-0.2, -0.15) is 5.10 Å². The fraction of sp³-hybridized carbons (Fsp3) is 0.222. The van der Waals surface area contributed by atoms with Gasteiger partial charge in [0.1, 0.15) is 0 Å². The van der Waals surface area contributed by atoms with Crippen LogP contribution < -0.4 is 16.4 Å². The van der Waals surface area contributed by atoms with Gasteiger partial charge in [-0.25, -0.2) is 9.67 Å². The molecule has 2 heterocycles. The van der Waals surface area contributed by atoms with Crippen LogP contribution in [0.5, 0.6) is 0 Å². The number of benzene rings is 2. The second-order valence-corrected chi connectivity index (χ2v) is 8.76. The molecular weight excluding hydrogens is 456 g/mol. The van der Waals surface area contributed by atoms with Crippen LogP contribution >= 0.6 is 0 Å². The number of primary amides is 1. The third-order valence-electron chi connectivity index (χ3n) is 5.80. The van der Waals surface area contributed by atoms with Crippen molar-refractivity contribution in [3.05, 3.63) is 77.5 Å². The molecular formula is C27H28N6O3. The predicted molar refractivity (Wildman–Crippen MR) is 139 cm³/mol. The minimum absolute atomic E-state index is 0.0246. The number of hydrogen-bond acceptors (Lipinski definition) is 5. The number of para-hydroxylation sites is 1. The number of fused-ring (bicyclic) bond motifs is 1. The number of carbonyl (C=O) groups excluding carboxylic acids is 3. The molecule has 4 N–H and O–H groups in total. The summed E-state index contributed by atoms with van der Waals surface area (Å²) in [7, 11) is 0. The van der Waals surface area contributed by atoms with E-state index in [4.69, 9.17) is 10.7 Å². The topological polar surface area (TPSA) is 132 Å². The Morgan fingerprint density at radius 2 is 1.72 bits per heavy atom. The van der Waals surface area contributed by atoms with Crippen LogP contribution in [0.1, 0.15) is 52.6 Å². The summed E-state index contributed by atoms with van der Waals surface area (Å²) in [5, 5.41) is 10.6. The third kappa shape index (κ3) is 5.10. The van der Waals surface area contributed by atoms with E-state index in [0.717, 1.165) is 11.1 Å². The summed E-state index contributed by atoms with van der Waals surface area (Å²) in [6, 6.07) is 16.3. The normalized spacial score (nSPS) is 11.0. The fourth-order valence-electron chi connectivity index (χ4n) is 3.96. The van der Waals surface area contributed by atoms with E-state index in [1.807, 2.05) is 45.0 Å². The van der Waals surface area contributed by atoms with Gasteiger partial charge >= 0.3 is 0 Å². The molecule has 0 atom stereocenters. The van der Waals surface area contributed by atoms with Gasteiger partial charge in [-0.1, -0.05) is 36.4 Å². The van der Waals surface area contributed by atoms with Gasteiger partial charge in [-0.05, 0) is 44.5 Å². The Morgan fingerprint density at radius 3 is 2.44 bits per heavy atom. The number of pyridine rings is 1. The van der Waals surface area contributed by atoms with Crippen molar-refractivity contribution >= 4 is 34.4 Å². The number of amides is 3. The van der Waals surface area contributed by atoms with Crippen LogP contribution in [0.2, 0.25) is 0 Å². The predicted octanol–water partition coefficient (Wildman–Crippen LogP) is 3.85. The lowest BCUT2D eigenvalue weighted by atomic mass is 10.0. The molecule has 0 fully saturated rings. The van der Waals surface area contributed by atoms with E-state index in [1.54, 1.807) is 41.2 Å². The second-order valence-electron chi connectivity index (χ2n) is 8.76. The molecule has 0 spiro atoms. The molecule has 9 heteroatoms. The monoisotopic (exact) mass is 484 g/mol. The van der Waals surface area contributed by atoms with Crippen molar-refractivity contribution in [1.29, 1.82) is 0 Å². The fourth-order valence-corrected chi connectivity index (χ4v) is 3.96. The van der Waals surface area contributed by atoms with Crippen LogP contribution in [0, 0.1) is 6.92 Å². The molecule has 0 aliphatic rings. The summed E-state index contributed by atoms with van der Waals surface area (Å²) >= 11 is 0. The number of nitrogens with two attached hydrogens (primary N) is 1. The number of nitrogens with one attached hydrogen (secondary N) is 2. The standard InChI is InChI=1S/C27H28N6O3/c1-16(2)33-25-21(15-30-33)20(14-23(31-25)18-9-5-4-8-17(18)3)27(36)32-22-11-7-6-10-19(22)26(35)29-13-12-24(28)34/h4-11,14-16H,12-13H2,1-3H3,(H2,28,34)(H,29,35)(H,32,36). The number of hydrogen-bond donors (Lipinski definition) is 3. The van der Waals surface area contributed by atoms with Crippen LogP contribution in [-0.2, 0) is 4.79 Å². The van der Waals surface area contributed by atoms with Crippen molar-refractivity contribution in [3.63, 3.8) is 0 Å². The largest absolute Gasteiger partial charge is 0.370 e. The van der Waals surface area contributed by atoms with Crippen molar-refractivity contribution in [2.75, 3.05) is 11.9 Å². The molecule has 0 bridgehead atoms. The van der Waals surface area contributed by atoms with Crippen LogP contribution in [0.3, 0.4) is 0 Å². The Labute approximate surface area is 208 Å². The Kier molecular flexibility index (Phi) is 7.10. The average Bonchev–Trinajstić information content (AvgIpc) is 3.28. The summed E-state index contributed by atoms with van der Waals surface area (Å²) in [5.41, 5.74) is 9.38. The lowest BCUT2D eigenvalue weighted by molar-refractivity contribution is -0.117. The van der Waals surface area contributed by atoms with Gasteiger partial charge in [0, 0.05) is 24.6 Å². The Hall–Kier alpha value is -4.53. The number of carbonyl (C=O) groups is 3. The lowest BCUT2D eigenvalue weighted by Gasteiger charge is -2.14. The smallest absolute Gasteiger partial charge is 0.256 e. The number of aromatic nitrogens is 3. The quantitative estimate of drug-likeness (QED) is 0.350. The Balaban J connectivity index is 1.73. The molecule has 4 aromatic rings. The highest BCUT2D eigenvalue weighted by atomic mass is 16.2. The average molecular weight is 485 g/mol. The van der Waals surface area contributed by atoms with Gasteiger partial charge in [0.2, 0.25) is 5.91 Å². The SMILES string of the molecule is Cc1ccccc1-c1cc(C(=O)Nc2ccccc2C(=O)NCCC(N)=O)c2cnn(C(C)C)c2n1. The van der Waals surface area contributed by atoms with Crippen molar-refractivity contribution in [2.24, 2.45) is 5.73 Å². The molecule has 0 aliphatic carbocycles. The maximum atomic E-state index is 13.6. The van der Waals surface area contributed by atoms with E-state index in [2.05, 4.69) is 15.7 Å². The van der Waals surface area contributed by atoms with E-state index >= 15 is 0 Å². The van der Waals surface area contributed by atoms with Gasteiger partial charge in [0.25, 0.3) is 11.8 Å². The third-order valence-corrected chi connectivity index (χ3v) is 5.80. The number of aryl methyl sites for hydroxylation is 1. The summed E-state index contributed by atoms with van der Waals surface area (Å²) in [5.74, 6) is -1.32. The van der Waals surface area contributed by atoms with Gasteiger partial charge in [0.05, 0.1) is 34.1 Å². The van der Waals surface area contributed by atoms with E-state index in [0.29, 0.717) is 28.0 Å². The number of rotatable bonds is 8. The Bertz CT molecular complexity index is 1460. The van der Waals surface area contributed by atoms with E-state index in [9.17, 15) is 14.4 Å². The van der Waals surface area contributed by atoms with Gasteiger partial charge in [-0.15, -0.1) is 0 Å². The molecule has 0 saturated carbocycles. The molecule has 0 radical (unpaired) electrons. The molecule has 3 amide bonds. The van der Waals surface area contributed by atoms with Gasteiger partial charge in [0.15, 0.2) is 5.65 Å². The van der Waals surface area contributed by atoms with E-state index < -0.39 is 17.7 Å². The summed E-state index contributed by atoms with van der Waals surface area (Å²) in [6.45, 7) is 6.10. The first kappa shape index (κ1) is 24.6. The van der Waals surface area contributed by atoms with Crippen LogP contribution in [0.4, 0.5) is 5.69 Å². The summed E-state index contributed by atoms with van der Waals surface area (Å²) in [4.78, 5) is 42.1. The first-order valence-electron chi connectivity index (χ1n) is 11.7. The molecule has 9 nitrogen and oxygen atoms in total. The zero-order chi connectivity index (χ0) is 25.8. The Morgan fingerprint density at radius 1 is 1.00 bits per heavy atom. The van der Waals surface area contributed by atoms with Crippen LogP contribution in [-0.4, -0.2) is 39.0 Å². The maximum Gasteiger partial charge on any atom is 0.256 e. The first-order valence-corrected chi connectivity index (χ1v) is 11.7. The van der Waals surface area contributed by atoms with E-state index in [1.165, 1.54) is 0 Å². The van der Waals surface area contributed by atoms with Crippen molar-refractivity contribution < 1.29 is 14.4 Å². The second kappa shape index (κ2) is 10.4. The zero-order valence-electron chi connectivity index (χ0n) is 20.4. The van der Waals surface area contributed by atoms with Gasteiger partial charge in [-0.3, -0.25) is 14.4 Å². The first-order chi connectivity index (χ1) is 17.3. The van der Waals surface area contributed by atoms with Crippen molar-refractivity contribution in [1.82, 2.24) is 20.1 Å². The molecule has 0 saturated heterocycles. The minimum atomic E-state index is -0.509. The van der Waals surface area contributed by atoms with Gasteiger partial charge < -0.3 is 16.4 Å². The molecule has 2 aromatic carbocycles. The summed E-state index contributed by atoms with van der Waals surface area (Å²) < 4.78 is 1.79. The number of nitrogens with zero attached hydrogens (tertiary/aromatic N) is 3. The van der Waals surface area contributed by atoms with E-state index in [-0.39, 0.29) is 24.6 Å². The highest BCUT2D eigenvalue weighted by molar-refractivity contribution is 6.14. The zero-order valence-corrected chi connectivity index (χ0v) is 20.4. The van der Waals surface area contributed by atoms with Crippen molar-refractivity contribution in [3.8, 4) is 11.3 Å².